The van der Waals surface area contributed by atoms with Gasteiger partial charge in [-0.2, -0.15) is 5.10 Å². The van der Waals surface area contributed by atoms with Gasteiger partial charge in [0.15, 0.2) is 0 Å². The SMILES string of the molecule is O=C(CN(c1ccc(Cl)c(Cl)c1)S(=O)(=O)c1ccccc1)N/N=C\c1cccnc1. The third kappa shape index (κ3) is 5.35. The number of anilines is 1. The Morgan fingerprint density at radius 2 is 1.83 bits per heavy atom. The lowest BCUT2D eigenvalue weighted by Crippen LogP contribution is -2.39. The number of rotatable bonds is 7. The van der Waals surface area contributed by atoms with Gasteiger partial charge in [0.2, 0.25) is 0 Å². The van der Waals surface area contributed by atoms with Gasteiger partial charge in [0.25, 0.3) is 15.9 Å². The topological polar surface area (TPSA) is 91.7 Å². The number of hydrogen-bond acceptors (Lipinski definition) is 5. The molecule has 3 rings (SSSR count). The van der Waals surface area contributed by atoms with Gasteiger partial charge in [-0.3, -0.25) is 14.1 Å². The zero-order valence-corrected chi connectivity index (χ0v) is 17.8. The Labute approximate surface area is 184 Å². The maximum absolute atomic E-state index is 13.2. The fourth-order valence-electron chi connectivity index (χ4n) is 2.47. The van der Waals surface area contributed by atoms with Gasteiger partial charge in [0.05, 0.1) is 26.8 Å². The second kappa shape index (κ2) is 9.71. The predicted molar refractivity (Wildman–Crippen MR) is 117 cm³/mol. The van der Waals surface area contributed by atoms with Crippen LogP contribution in [0.3, 0.4) is 0 Å². The molecule has 0 fully saturated rings. The van der Waals surface area contributed by atoms with E-state index in [-0.39, 0.29) is 20.6 Å². The van der Waals surface area contributed by atoms with E-state index in [4.69, 9.17) is 23.2 Å². The Bertz CT molecular complexity index is 1160. The van der Waals surface area contributed by atoms with Crippen LogP contribution < -0.4 is 9.73 Å². The van der Waals surface area contributed by atoms with Gasteiger partial charge < -0.3 is 0 Å². The first-order valence-corrected chi connectivity index (χ1v) is 10.8. The van der Waals surface area contributed by atoms with E-state index >= 15 is 0 Å². The third-order valence-electron chi connectivity index (χ3n) is 3.90. The minimum atomic E-state index is -4.05. The van der Waals surface area contributed by atoms with Crippen LogP contribution in [0.5, 0.6) is 0 Å². The standard InChI is InChI=1S/C20H16Cl2N4O3S/c21-18-9-8-16(11-19(18)22)26(30(28,29)17-6-2-1-3-7-17)14-20(27)25-24-13-15-5-4-10-23-12-15/h1-13H,14H2,(H,25,27)/b24-13-. The molecule has 1 amide bonds. The number of carbonyl (C=O) groups is 1. The molecule has 0 aliphatic heterocycles. The van der Waals surface area contributed by atoms with Crippen molar-refractivity contribution in [3.8, 4) is 0 Å². The quantitative estimate of drug-likeness (QED) is 0.427. The van der Waals surface area contributed by atoms with Crippen molar-refractivity contribution in [3.63, 3.8) is 0 Å². The average molecular weight is 463 g/mol. The molecular weight excluding hydrogens is 447 g/mol. The van der Waals surface area contributed by atoms with Crippen molar-refractivity contribution in [2.75, 3.05) is 10.8 Å². The molecule has 154 valence electrons. The van der Waals surface area contributed by atoms with E-state index in [0.717, 1.165) is 4.31 Å². The summed E-state index contributed by atoms with van der Waals surface area (Å²) in [6, 6.07) is 15.6. The predicted octanol–water partition coefficient (Wildman–Crippen LogP) is 3.73. The highest BCUT2D eigenvalue weighted by Gasteiger charge is 2.27. The molecule has 1 N–H and O–H groups in total. The van der Waals surface area contributed by atoms with Crippen LogP contribution in [0, 0.1) is 0 Å². The zero-order chi connectivity index (χ0) is 21.6. The van der Waals surface area contributed by atoms with E-state index in [1.807, 2.05) is 0 Å². The fourth-order valence-corrected chi connectivity index (χ4v) is 4.20. The number of halogens is 2. The molecule has 7 nitrogen and oxygen atoms in total. The number of carbonyl (C=O) groups excluding carboxylic acids is 1. The zero-order valence-electron chi connectivity index (χ0n) is 15.4. The van der Waals surface area contributed by atoms with Crippen LogP contribution in [0.1, 0.15) is 5.56 Å². The maximum atomic E-state index is 13.2. The molecular formula is C20H16Cl2N4O3S. The molecule has 10 heteroatoms. The van der Waals surface area contributed by atoms with E-state index in [2.05, 4.69) is 15.5 Å². The molecule has 1 aromatic heterocycles. The van der Waals surface area contributed by atoms with Crippen LogP contribution >= 0.6 is 23.2 Å². The molecule has 0 saturated carbocycles. The van der Waals surface area contributed by atoms with Crippen LogP contribution in [-0.2, 0) is 14.8 Å². The van der Waals surface area contributed by atoms with Crippen LogP contribution in [0.25, 0.3) is 0 Å². The molecule has 30 heavy (non-hydrogen) atoms. The van der Waals surface area contributed by atoms with Gasteiger partial charge >= 0.3 is 0 Å². The lowest BCUT2D eigenvalue weighted by atomic mass is 10.3. The summed E-state index contributed by atoms with van der Waals surface area (Å²) in [7, 11) is -4.05. The molecule has 1 heterocycles. The number of sulfonamides is 1. The number of hydrogen-bond donors (Lipinski definition) is 1. The van der Waals surface area contributed by atoms with Crippen molar-refractivity contribution in [2.45, 2.75) is 4.90 Å². The first-order chi connectivity index (χ1) is 14.4. The van der Waals surface area contributed by atoms with Gasteiger partial charge in [0, 0.05) is 18.0 Å². The molecule has 2 aromatic carbocycles. The molecule has 0 aliphatic carbocycles. The van der Waals surface area contributed by atoms with Crippen LogP contribution in [0.4, 0.5) is 5.69 Å². The number of nitrogens with one attached hydrogen (secondary N) is 1. The smallest absolute Gasteiger partial charge is 0.264 e. The molecule has 0 atom stereocenters. The Morgan fingerprint density at radius 1 is 1.07 bits per heavy atom. The molecule has 0 radical (unpaired) electrons. The first-order valence-electron chi connectivity index (χ1n) is 8.63. The van der Waals surface area contributed by atoms with Crippen molar-refractivity contribution in [2.24, 2.45) is 5.10 Å². The fraction of sp³-hybridized carbons (Fsp3) is 0.0500. The van der Waals surface area contributed by atoms with Crippen molar-refractivity contribution in [1.82, 2.24) is 10.4 Å². The van der Waals surface area contributed by atoms with E-state index in [9.17, 15) is 13.2 Å². The molecule has 0 unspecified atom stereocenters. The Balaban J connectivity index is 1.87. The van der Waals surface area contributed by atoms with Crippen LogP contribution in [-0.4, -0.2) is 32.1 Å². The highest BCUT2D eigenvalue weighted by molar-refractivity contribution is 7.92. The summed E-state index contributed by atoms with van der Waals surface area (Å²) in [5, 5.41) is 4.27. The van der Waals surface area contributed by atoms with Crippen molar-refractivity contribution in [3.05, 3.63) is 88.7 Å². The molecule has 3 aromatic rings. The molecule has 0 spiro atoms. The van der Waals surface area contributed by atoms with Gasteiger partial charge in [-0.15, -0.1) is 0 Å². The Kier molecular flexibility index (Phi) is 7.04. The molecule has 0 bridgehead atoms. The maximum Gasteiger partial charge on any atom is 0.264 e. The minimum Gasteiger partial charge on any atom is -0.271 e. The molecule has 0 saturated heterocycles. The van der Waals surface area contributed by atoms with Gasteiger partial charge in [0.1, 0.15) is 6.54 Å². The highest BCUT2D eigenvalue weighted by atomic mass is 35.5. The summed E-state index contributed by atoms with van der Waals surface area (Å²) < 4.78 is 27.3. The second-order valence-corrected chi connectivity index (χ2v) is 8.68. The number of benzene rings is 2. The van der Waals surface area contributed by atoms with Crippen molar-refractivity contribution < 1.29 is 13.2 Å². The summed E-state index contributed by atoms with van der Waals surface area (Å²) in [6.45, 7) is -0.514. The normalized spacial score (nSPS) is 11.4. The van der Waals surface area contributed by atoms with Gasteiger partial charge in [-0.1, -0.05) is 47.5 Å². The van der Waals surface area contributed by atoms with E-state index < -0.39 is 22.5 Å². The van der Waals surface area contributed by atoms with E-state index in [1.165, 1.54) is 36.5 Å². The van der Waals surface area contributed by atoms with Crippen molar-refractivity contribution >= 4 is 51.0 Å². The largest absolute Gasteiger partial charge is 0.271 e. The van der Waals surface area contributed by atoms with Crippen LogP contribution in [0.15, 0.2) is 83.1 Å². The summed E-state index contributed by atoms with van der Waals surface area (Å²) >= 11 is 12.0. The number of aromatic nitrogens is 1. The van der Waals surface area contributed by atoms with Crippen molar-refractivity contribution in [1.29, 1.82) is 0 Å². The monoisotopic (exact) mass is 462 g/mol. The lowest BCUT2D eigenvalue weighted by molar-refractivity contribution is -0.119. The number of amides is 1. The third-order valence-corrected chi connectivity index (χ3v) is 6.42. The molecule has 0 aliphatic rings. The van der Waals surface area contributed by atoms with Gasteiger partial charge in [-0.05, 0) is 36.4 Å². The van der Waals surface area contributed by atoms with Gasteiger partial charge in [-0.25, -0.2) is 13.8 Å². The second-order valence-electron chi connectivity index (χ2n) is 6.00. The first kappa shape index (κ1) is 21.8. The number of pyridine rings is 1. The number of nitrogens with zero attached hydrogens (tertiary/aromatic N) is 3. The van der Waals surface area contributed by atoms with E-state index in [1.54, 1.807) is 42.7 Å². The summed E-state index contributed by atoms with van der Waals surface area (Å²) in [6.07, 6.45) is 4.58. The number of hydrazone groups is 1. The highest BCUT2D eigenvalue weighted by Crippen LogP contribution is 2.30. The lowest BCUT2D eigenvalue weighted by Gasteiger charge is -2.24. The minimum absolute atomic E-state index is 0.0303. The average Bonchev–Trinajstić information content (AvgIpc) is 2.75. The summed E-state index contributed by atoms with van der Waals surface area (Å²) in [5.74, 6) is -0.638. The Hall–Kier alpha value is -2.94. The van der Waals surface area contributed by atoms with E-state index in [0.29, 0.717) is 5.56 Å². The summed E-state index contributed by atoms with van der Waals surface area (Å²) in [4.78, 5) is 16.4. The Morgan fingerprint density at radius 3 is 2.50 bits per heavy atom. The van der Waals surface area contributed by atoms with Crippen LogP contribution in [0.2, 0.25) is 10.0 Å². The summed E-state index contributed by atoms with van der Waals surface area (Å²) in [5.41, 5.74) is 3.19.